The zero-order valence-electron chi connectivity index (χ0n) is 8.48. The molecular weight excluding hydrogens is 184 g/mol. The van der Waals surface area contributed by atoms with Gasteiger partial charge in [-0.05, 0) is 19.8 Å². The van der Waals surface area contributed by atoms with Crippen molar-refractivity contribution in [2.24, 2.45) is 0 Å². The van der Waals surface area contributed by atoms with Gasteiger partial charge in [-0.2, -0.15) is 0 Å². The molecule has 2 N–H and O–H groups in total. The van der Waals surface area contributed by atoms with E-state index in [-0.39, 0.29) is 19.0 Å². The highest BCUT2D eigenvalue weighted by atomic mass is 16.5. The fraction of sp³-hybridized carbons (Fsp3) is 0.700. The monoisotopic (exact) mass is 202 g/mol. The topological polar surface area (TPSA) is 66.8 Å². The molecule has 0 radical (unpaired) electrons. The van der Waals surface area contributed by atoms with Gasteiger partial charge in [0.25, 0.3) is 0 Å². The first-order valence-electron chi connectivity index (χ1n) is 4.80. The maximum Gasteiger partial charge on any atom is 0.308 e. The summed E-state index contributed by atoms with van der Waals surface area (Å²) in [6, 6.07) is 0. The zero-order valence-corrected chi connectivity index (χ0v) is 8.48. The summed E-state index contributed by atoms with van der Waals surface area (Å²) >= 11 is 0. The van der Waals surface area contributed by atoms with Crippen LogP contribution in [-0.2, 0) is 9.53 Å². The van der Waals surface area contributed by atoms with E-state index in [2.05, 4.69) is 4.74 Å². The normalized spacial score (nSPS) is 13.1. The molecule has 0 saturated heterocycles. The van der Waals surface area contributed by atoms with Crippen LogP contribution in [0.4, 0.5) is 0 Å². The van der Waals surface area contributed by atoms with Crippen molar-refractivity contribution >= 4 is 5.97 Å². The smallest absolute Gasteiger partial charge is 0.308 e. The van der Waals surface area contributed by atoms with Crippen molar-refractivity contribution in [1.29, 1.82) is 0 Å². The minimum absolute atomic E-state index is 0.00791. The lowest BCUT2D eigenvalue weighted by atomic mass is 10.1. The predicted molar refractivity (Wildman–Crippen MR) is 52.7 cm³/mol. The molecule has 0 aliphatic heterocycles. The average Bonchev–Trinajstić information content (AvgIpc) is 2.13. The highest BCUT2D eigenvalue weighted by Crippen LogP contribution is 2.03. The predicted octanol–water partition coefficient (Wildman–Crippen LogP) is 0.629. The number of carbonyl (C=O) groups excluding carboxylic acids is 1. The molecule has 0 aromatic rings. The van der Waals surface area contributed by atoms with Gasteiger partial charge in [0.15, 0.2) is 0 Å². The van der Waals surface area contributed by atoms with Crippen LogP contribution in [0.25, 0.3) is 0 Å². The molecule has 0 amide bonds. The van der Waals surface area contributed by atoms with Gasteiger partial charge in [-0.15, -0.1) is 0 Å². The summed E-state index contributed by atoms with van der Waals surface area (Å²) in [6.45, 7) is 2.08. The number of aliphatic hydroxyl groups excluding tert-OH is 2. The average molecular weight is 202 g/mol. The SMILES string of the molecule is CCOC(=O)C[C@H](O)CC/C=C\CO. The van der Waals surface area contributed by atoms with E-state index in [0.29, 0.717) is 19.4 Å². The highest BCUT2D eigenvalue weighted by molar-refractivity contribution is 5.69. The lowest BCUT2D eigenvalue weighted by molar-refractivity contribution is -0.145. The van der Waals surface area contributed by atoms with Crippen LogP contribution in [0.3, 0.4) is 0 Å². The fourth-order valence-electron chi connectivity index (χ4n) is 0.995. The standard InChI is InChI=1S/C10H18O4/c1-2-14-10(13)8-9(12)6-4-3-5-7-11/h3,5,9,11-12H,2,4,6-8H2,1H3/b5-3-/t9-/m1/s1. The van der Waals surface area contributed by atoms with Crippen molar-refractivity contribution in [2.45, 2.75) is 32.3 Å². The van der Waals surface area contributed by atoms with Gasteiger partial charge in [0.1, 0.15) is 0 Å². The van der Waals surface area contributed by atoms with Crippen LogP contribution in [0.5, 0.6) is 0 Å². The molecule has 0 aromatic carbocycles. The van der Waals surface area contributed by atoms with Crippen LogP contribution in [-0.4, -0.2) is 35.5 Å². The fourth-order valence-corrected chi connectivity index (χ4v) is 0.995. The van der Waals surface area contributed by atoms with E-state index >= 15 is 0 Å². The minimum atomic E-state index is -0.655. The van der Waals surface area contributed by atoms with Gasteiger partial charge < -0.3 is 14.9 Å². The van der Waals surface area contributed by atoms with Gasteiger partial charge in [0.2, 0.25) is 0 Å². The molecule has 1 atom stereocenters. The van der Waals surface area contributed by atoms with Crippen molar-refractivity contribution in [3.63, 3.8) is 0 Å². The molecule has 82 valence electrons. The molecule has 0 spiro atoms. The Morgan fingerprint density at radius 1 is 1.50 bits per heavy atom. The summed E-state index contributed by atoms with van der Waals surface area (Å²) in [7, 11) is 0. The molecule has 0 aromatic heterocycles. The third kappa shape index (κ3) is 7.76. The van der Waals surface area contributed by atoms with Crippen LogP contribution in [0.1, 0.15) is 26.2 Å². The summed E-state index contributed by atoms with van der Waals surface area (Å²) in [6.07, 6.45) is 3.93. The van der Waals surface area contributed by atoms with Gasteiger partial charge in [0.05, 0.1) is 25.7 Å². The van der Waals surface area contributed by atoms with E-state index in [0.717, 1.165) is 0 Å². The van der Waals surface area contributed by atoms with Crippen molar-refractivity contribution in [1.82, 2.24) is 0 Å². The maximum atomic E-state index is 10.9. The quantitative estimate of drug-likeness (QED) is 0.469. The number of hydrogen-bond donors (Lipinski definition) is 2. The van der Waals surface area contributed by atoms with Crippen LogP contribution in [0.15, 0.2) is 12.2 Å². The van der Waals surface area contributed by atoms with Crippen LogP contribution in [0.2, 0.25) is 0 Å². The zero-order chi connectivity index (χ0) is 10.8. The van der Waals surface area contributed by atoms with E-state index in [1.54, 1.807) is 19.1 Å². The Morgan fingerprint density at radius 2 is 2.21 bits per heavy atom. The Bertz CT molecular complexity index is 177. The number of allylic oxidation sites excluding steroid dienone is 1. The Labute approximate surface area is 84.2 Å². The second-order valence-corrected chi connectivity index (χ2v) is 2.89. The first-order chi connectivity index (χ1) is 6.70. The van der Waals surface area contributed by atoms with E-state index in [4.69, 9.17) is 5.11 Å². The number of hydrogen-bond acceptors (Lipinski definition) is 4. The maximum absolute atomic E-state index is 10.9. The summed E-state index contributed by atoms with van der Waals surface area (Å²) in [5.74, 6) is -0.369. The third-order valence-electron chi connectivity index (χ3n) is 1.65. The van der Waals surface area contributed by atoms with E-state index in [1.807, 2.05) is 0 Å². The second kappa shape index (κ2) is 8.72. The number of carbonyl (C=O) groups is 1. The minimum Gasteiger partial charge on any atom is -0.466 e. The molecule has 4 nitrogen and oxygen atoms in total. The van der Waals surface area contributed by atoms with Crippen molar-refractivity contribution < 1.29 is 19.7 Å². The Hall–Kier alpha value is -0.870. The van der Waals surface area contributed by atoms with E-state index in [1.165, 1.54) is 0 Å². The summed E-state index contributed by atoms with van der Waals surface area (Å²) in [4.78, 5) is 10.9. The molecule has 0 rings (SSSR count). The molecule has 0 aliphatic rings. The van der Waals surface area contributed by atoms with Crippen molar-refractivity contribution in [3.8, 4) is 0 Å². The summed E-state index contributed by atoms with van der Waals surface area (Å²) in [5, 5.41) is 17.8. The van der Waals surface area contributed by atoms with Gasteiger partial charge in [0, 0.05) is 0 Å². The first-order valence-corrected chi connectivity index (χ1v) is 4.80. The molecular formula is C10H18O4. The number of aliphatic hydroxyl groups is 2. The first kappa shape index (κ1) is 13.1. The van der Waals surface area contributed by atoms with E-state index in [9.17, 15) is 9.90 Å². The molecule has 0 bridgehead atoms. The van der Waals surface area contributed by atoms with Crippen molar-refractivity contribution in [2.75, 3.05) is 13.2 Å². The lowest BCUT2D eigenvalue weighted by Crippen LogP contribution is -2.15. The number of rotatable bonds is 7. The Balaban J connectivity index is 3.49. The van der Waals surface area contributed by atoms with Crippen LogP contribution >= 0.6 is 0 Å². The van der Waals surface area contributed by atoms with Gasteiger partial charge in [-0.25, -0.2) is 0 Å². The molecule has 0 fully saturated rings. The van der Waals surface area contributed by atoms with E-state index < -0.39 is 6.10 Å². The van der Waals surface area contributed by atoms with Gasteiger partial charge in [-0.3, -0.25) is 4.79 Å². The molecule has 0 saturated carbocycles. The summed E-state index contributed by atoms with van der Waals surface area (Å²) < 4.78 is 4.68. The molecule has 0 aliphatic carbocycles. The highest BCUT2D eigenvalue weighted by Gasteiger charge is 2.10. The van der Waals surface area contributed by atoms with Gasteiger partial charge in [-0.1, -0.05) is 12.2 Å². The van der Waals surface area contributed by atoms with Crippen LogP contribution in [0, 0.1) is 0 Å². The second-order valence-electron chi connectivity index (χ2n) is 2.89. The third-order valence-corrected chi connectivity index (χ3v) is 1.65. The van der Waals surface area contributed by atoms with Crippen LogP contribution < -0.4 is 0 Å². The van der Waals surface area contributed by atoms with Crippen molar-refractivity contribution in [3.05, 3.63) is 12.2 Å². The lowest BCUT2D eigenvalue weighted by Gasteiger charge is -2.07. The molecule has 0 unspecified atom stereocenters. The number of ether oxygens (including phenoxy) is 1. The molecule has 0 heterocycles. The largest absolute Gasteiger partial charge is 0.466 e. The number of esters is 1. The Kier molecular flexibility index (Phi) is 8.17. The van der Waals surface area contributed by atoms with Gasteiger partial charge >= 0.3 is 5.97 Å². The summed E-state index contributed by atoms with van der Waals surface area (Å²) in [5.41, 5.74) is 0. The Morgan fingerprint density at radius 3 is 2.79 bits per heavy atom. The molecule has 4 heteroatoms. The molecule has 14 heavy (non-hydrogen) atoms.